The van der Waals surface area contributed by atoms with Crippen LogP contribution < -0.4 is 16.4 Å². The monoisotopic (exact) mass is 225 g/mol. The first-order valence-electron chi connectivity index (χ1n) is 5.23. The van der Waals surface area contributed by atoms with Crippen molar-refractivity contribution in [2.75, 3.05) is 17.6 Å². The van der Waals surface area contributed by atoms with E-state index in [0.717, 1.165) is 12.8 Å². The van der Waals surface area contributed by atoms with Gasteiger partial charge in [-0.1, -0.05) is 13.3 Å². The molecule has 0 atom stereocenters. The minimum Gasteiger partial charge on any atom is -0.396 e. The lowest BCUT2D eigenvalue weighted by Crippen LogP contribution is -2.29. The summed E-state index contributed by atoms with van der Waals surface area (Å²) in [7, 11) is 0. The van der Waals surface area contributed by atoms with E-state index in [9.17, 15) is 9.18 Å². The lowest BCUT2D eigenvalue weighted by Gasteiger charge is -2.07. The van der Waals surface area contributed by atoms with Crippen LogP contribution in [0.25, 0.3) is 0 Å². The van der Waals surface area contributed by atoms with Crippen molar-refractivity contribution >= 4 is 17.4 Å². The predicted octanol–water partition coefficient (Wildman–Crippen LogP) is 2.33. The second kappa shape index (κ2) is 5.95. The summed E-state index contributed by atoms with van der Waals surface area (Å²) in [4.78, 5) is 11.3. The maximum Gasteiger partial charge on any atom is 0.319 e. The van der Waals surface area contributed by atoms with E-state index in [1.807, 2.05) is 6.92 Å². The van der Waals surface area contributed by atoms with Crippen LogP contribution in [0.5, 0.6) is 0 Å². The van der Waals surface area contributed by atoms with E-state index in [1.54, 1.807) is 0 Å². The molecule has 0 heterocycles. The third kappa shape index (κ3) is 3.76. The minimum atomic E-state index is -0.489. The Labute approximate surface area is 94.0 Å². The molecule has 0 aromatic heterocycles. The average molecular weight is 225 g/mol. The number of nitrogens with one attached hydrogen (secondary N) is 2. The average Bonchev–Trinajstić information content (AvgIpc) is 2.24. The zero-order chi connectivity index (χ0) is 12.0. The van der Waals surface area contributed by atoms with Crippen molar-refractivity contribution in [2.45, 2.75) is 19.8 Å². The van der Waals surface area contributed by atoms with Gasteiger partial charge < -0.3 is 16.4 Å². The number of anilines is 2. The summed E-state index contributed by atoms with van der Waals surface area (Å²) >= 11 is 0. The fourth-order valence-electron chi connectivity index (χ4n) is 1.18. The predicted molar refractivity (Wildman–Crippen MR) is 62.7 cm³/mol. The fraction of sp³-hybridized carbons (Fsp3) is 0.364. The van der Waals surface area contributed by atoms with Crippen LogP contribution in [0.1, 0.15) is 19.8 Å². The molecule has 0 radical (unpaired) electrons. The lowest BCUT2D eigenvalue weighted by molar-refractivity contribution is 0.252. The van der Waals surface area contributed by atoms with Gasteiger partial charge in [0, 0.05) is 12.2 Å². The van der Waals surface area contributed by atoms with Crippen molar-refractivity contribution in [3.8, 4) is 0 Å². The van der Waals surface area contributed by atoms with Gasteiger partial charge in [-0.05, 0) is 24.6 Å². The van der Waals surface area contributed by atoms with Gasteiger partial charge in [0.25, 0.3) is 0 Å². The maximum atomic E-state index is 12.8. The topological polar surface area (TPSA) is 67.2 Å². The summed E-state index contributed by atoms with van der Waals surface area (Å²) in [5.41, 5.74) is 5.87. The SMILES string of the molecule is CCCCNC(=O)Nc1ccc(F)c(N)c1. The highest BCUT2D eigenvalue weighted by atomic mass is 19.1. The molecule has 0 aliphatic heterocycles. The Morgan fingerprint density at radius 2 is 2.25 bits per heavy atom. The van der Waals surface area contributed by atoms with Crippen molar-refractivity contribution in [3.63, 3.8) is 0 Å². The molecule has 0 aliphatic rings. The molecular weight excluding hydrogens is 209 g/mol. The Hall–Kier alpha value is -1.78. The molecule has 0 saturated heterocycles. The van der Waals surface area contributed by atoms with E-state index < -0.39 is 5.82 Å². The number of nitrogen functional groups attached to an aromatic ring is 1. The minimum absolute atomic E-state index is 0.0198. The highest BCUT2D eigenvalue weighted by Gasteiger charge is 2.03. The highest BCUT2D eigenvalue weighted by Crippen LogP contribution is 2.15. The van der Waals surface area contributed by atoms with Crippen molar-refractivity contribution < 1.29 is 9.18 Å². The molecule has 1 rings (SSSR count). The van der Waals surface area contributed by atoms with E-state index in [2.05, 4.69) is 10.6 Å². The fourth-order valence-corrected chi connectivity index (χ4v) is 1.18. The Kier molecular flexibility index (Phi) is 4.57. The van der Waals surface area contributed by atoms with Crippen LogP contribution in [-0.4, -0.2) is 12.6 Å². The summed E-state index contributed by atoms with van der Waals surface area (Å²) < 4.78 is 12.8. The molecule has 1 aromatic carbocycles. The van der Waals surface area contributed by atoms with Crippen molar-refractivity contribution in [1.29, 1.82) is 0 Å². The molecular formula is C11H16FN3O. The Morgan fingerprint density at radius 3 is 2.88 bits per heavy atom. The smallest absolute Gasteiger partial charge is 0.319 e. The summed E-state index contributed by atoms with van der Waals surface area (Å²) in [5, 5.41) is 5.25. The van der Waals surface area contributed by atoms with Crippen molar-refractivity contribution in [1.82, 2.24) is 5.32 Å². The van der Waals surface area contributed by atoms with Gasteiger partial charge in [0.2, 0.25) is 0 Å². The molecule has 88 valence electrons. The van der Waals surface area contributed by atoms with Crippen LogP contribution in [0.2, 0.25) is 0 Å². The molecule has 0 unspecified atom stereocenters. The van der Waals surface area contributed by atoms with Gasteiger partial charge in [-0.3, -0.25) is 0 Å². The number of hydrogen-bond donors (Lipinski definition) is 3. The third-order valence-electron chi connectivity index (χ3n) is 2.07. The van der Waals surface area contributed by atoms with Crippen LogP contribution >= 0.6 is 0 Å². The first-order valence-corrected chi connectivity index (χ1v) is 5.23. The number of amides is 2. The Morgan fingerprint density at radius 1 is 1.50 bits per heavy atom. The molecule has 0 bridgehead atoms. The number of carbonyl (C=O) groups excluding carboxylic acids is 1. The molecule has 0 aliphatic carbocycles. The van der Waals surface area contributed by atoms with Crippen molar-refractivity contribution in [2.24, 2.45) is 0 Å². The van der Waals surface area contributed by atoms with Crippen LogP contribution in [-0.2, 0) is 0 Å². The number of unbranched alkanes of at least 4 members (excludes halogenated alkanes) is 1. The summed E-state index contributed by atoms with van der Waals surface area (Å²) in [6.07, 6.45) is 1.95. The normalized spacial score (nSPS) is 9.88. The van der Waals surface area contributed by atoms with E-state index >= 15 is 0 Å². The Bertz CT molecular complexity index is 368. The van der Waals surface area contributed by atoms with Gasteiger partial charge in [-0.15, -0.1) is 0 Å². The van der Waals surface area contributed by atoms with Gasteiger partial charge >= 0.3 is 6.03 Å². The van der Waals surface area contributed by atoms with Crippen LogP contribution in [0.3, 0.4) is 0 Å². The van der Waals surface area contributed by atoms with Gasteiger partial charge in [-0.2, -0.15) is 0 Å². The number of urea groups is 1. The van der Waals surface area contributed by atoms with E-state index in [-0.39, 0.29) is 11.7 Å². The molecule has 4 N–H and O–H groups in total. The zero-order valence-electron chi connectivity index (χ0n) is 9.22. The quantitative estimate of drug-likeness (QED) is 0.543. The lowest BCUT2D eigenvalue weighted by atomic mass is 10.2. The molecule has 16 heavy (non-hydrogen) atoms. The van der Waals surface area contributed by atoms with Gasteiger partial charge in [0.1, 0.15) is 5.82 Å². The third-order valence-corrected chi connectivity index (χ3v) is 2.07. The number of halogens is 1. The van der Waals surface area contributed by atoms with Gasteiger partial charge in [0.15, 0.2) is 0 Å². The summed E-state index contributed by atoms with van der Waals surface area (Å²) in [5.74, 6) is -0.489. The molecule has 5 heteroatoms. The van der Waals surface area contributed by atoms with E-state index in [0.29, 0.717) is 12.2 Å². The number of rotatable bonds is 4. The number of nitrogens with two attached hydrogens (primary N) is 1. The molecule has 0 fully saturated rings. The second-order valence-corrected chi connectivity index (χ2v) is 3.47. The number of hydrogen-bond acceptors (Lipinski definition) is 2. The highest BCUT2D eigenvalue weighted by molar-refractivity contribution is 5.89. The van der Waals surface area contributed by atoms with Gasteiger partial charge in [0.05, 0.1) is 5.69 Å². The van der Waals surface area contributed by atoms with Crippen LogP contribution in [0.15, 0.2) is 18.2 Å². The van der Waals surface area contributed by atoms with E-state index in [1.165, 1.54) is 18.2 Å². The molecule has 0 spiro atoms. The summed E-state index contributed by atoms with van der Waals surface area (Å²) in [6.45, 7) is 2.67. The maximum absolute atomic E-state index is 12.8. The number of carbonyl (C=O) groups is 1. The number of benzene rings is 1. The Balaban J connectivity index is 2.46. The first-order chi connectivity index (χ1) is 7.63. The first kappa shape index (κ1) is 12.3. The van der Waals surface area contributed by atoms with E-state index in [4.69, 9.17) is 5.73 Å². The zero-order valence-corrected chi connectivity index (χ0v) is 9.22. The van der Waals surface area contributed by atoms with Crippen LogP contribution in [0.4, 0.5) is 20.6 Å². The molecule has 1 aromatic rings. The van der Waals surface area contributed by atoms with Gasteiger partial charge in [-0.25, -0.2) is 9.18 Å². The molecule has 2 amide bonds. The largest absolute Gasteiger partial charge is 0.396 e. The van der Waals surface area contributed by atoms with Crippen LogP contribution in [0, 0.1) is 5.82 Å². The molecule has 4 nitrogen and oxygen atoms in total. The standard InChI is InChI=1S/C11H16FN3O/c1-2-3-6-14-11(16)15-8-4-5-9(12)10(13)7-8/h4-5,7H,2-3,6,13H2,1H3,(H2,14,15,16). The van der Waals surface area contributed by atoms with Crippen molar-refractivity contribution in [3.05, 3.63) is 24.0 Å². The molecule has 0 saturated carbocycles. The second-order valence-electron chi connectivity index (χ2n) is 3.47. The summed E-state index contributed by atoms with van der Waals surface area (Å²) in [6, 6.07) is 3.76.